The molecule has 24 heavy (non-hydrogen) atoms. The van der Waals surface area contributed by atoms with Crippen molar-refractivity contribution in [3.63, 3.8) is 0 Å². The first-order valence-electron chi connectivity index (χ1n) is 9.18. The minimum atomic E-state index is -0.988. The maximum Gasteiger partial charge on any atom is 0.323 e. The molecule has 0 aromatic carbocycles. The van der Waals surface area contributed by atoms with E-state index in [1.54, 1.807) is 0 Å². The summed E-state index contributed by atoms with van der Waals surface area (Å²) in [4.78, 5) is 39.3. The van der Waals surface area contributed by atoms with Gasteiger partial charge in [0, 0.05) is 31.5 Å². The van der Waals surface area contributed by atoms with Crippen LogP contribution < -0.4 is 0 Å². The Morgan fingerprint density at radius 2 is 1.79 bits per heavy atom. The first kappa shape index (κ1) is 18.7. The van der Waals surface area contributed by atoms with Crippen molar-refractivity contribution in [1.29, 1.82) is 0 Å². The van der Waals surface area contributed by atoms with Gasteiger partial charge in [0.1, 0.15) is 6.54 Å². The Morgan fingerprint density at radius 3 is 2.33 bits per heavy atom. The predicted molar refractivity (Wildman–Crippen MR) is 90.4 cm³/mol. The van der Waals surface area contributed by atoms with Crippen LogP contribution in [0.2, 0.25) is 0 Å². The van der Waals surface area contributed by atoms with Crippen molar-refractivity contribution in [2.24, 2.45) is 5.41 Å². The number of rotatable bonds is 5. The van der Waals surface area contributed by atoms with Crippen LogP contribution >= 0.6 is 0 Å². The van der Waals surface area contributed by atoms with Crippen LogP contribution in [0.25, 0.3) is 0 Å². The summed E-state index contributed by atoms with van der Waals surface area (Å²) >= 11 is 0. The maximum atomic E-state index is 13.0. The van der Waals surface area contributed by atoms with Gasteiger partial charge < -0.3 is 14.9 Å². The summed E-state index contributed by atoms with van der Waals surface area (Å²) < 4.78 is 0. The molecule has 1 aliphatic heterocycles. The summed E-state index contributed by atoms with van der Waals surface area (Å²) in [5.74, 6) is -0.919. The van der Waals surface area contributed by atoms with Crippen LogP contribution in [0, 0.1) is 5.41 Å². The normalized spacial score (nSPS) is 23.6. The molecule has 0 spiro atoms. The van der Waals surface area contributed by atoms with Crippen LogP contribution in [-0.2, 0) is 14.4 Å². The van der Waals surface area contributed by atoms with Gasteiger partial charge in [0.25, 0.3) is 0 Å². The number of aliphatic carboxylic acids is 1. The summed E-state index contributed by atoms with van der Waals surface area (Å²) in [6, 6.07) is -0.0856. The molecule has 2 fully saturated rings. The number of likely N-dealkylation sites (tertiary alicyclic amines) is 1. The molecule has 1 saturated heterocycles. The fraction of sp³-hybridized carbons (Fsp3) is 0.833. The third kappa shape index (κ3) is 4.08. The highest BCUT2D eigenvalue weighted by Gasteiger charge is 2.42. The third-order valence-electron chi connectivity index (χ3n) is 5.83. The largest absolute Gasteiger partial charge is 0.480 e. The number of hydrogen-bond acceptors (Lipinski definition) is 3. The molecule has 1 heterocycles. The number of nitrogens with zero attached hydrogens (tertiary/aromatic N) is 2. The lowest BCUT2D eigenvalue weighted by Crippen LogP contribution is -2.45. The summed E-state index contributed by atoms with van der Waals surface area (Å²) in [7, 11) is 0. The fourth-order valence-corrected chi connectivity index (χ4v) is 4.34. The Bertz CT molecular complexity index is 485. The van der Waals surface area contributed by atoms with Crippen LogP contribution in [0.15, 0.2) is 0 Å². The van der Waals surface area contributed by atoms with Crippen molar-refractivity contribution >= 4 is 17.8 Å². The van der Waals surface area contributed by atoms with Gasteiger partial charge in [-0.1, -0.05) is 19.8 Å². The van der Waals surface area contributed by atoms with Crippen LogP contribution in [0.3, 0.4) is 0 Å². The zero-order valence-electron chi connectivity index (χ0n) is 14.9. The Balaban J connectivity index is 2.02. The molecule has 6 heteroatoms. The maximum absolute atomic E-state index is 13.0. The number of carbonyl (C=O) groups is 3. The highest BCUT2D eigenvalue weighted by Crippen LogP contribution is 2.42. The van der Waals surface area contributed by atoms with E-state index < -0.39 is 5.97 Å². The molecule has 1 atom stereocenters. The van der Waals surface area contributed by atoms with E-state index in [1.807, 2.05) is 4.90 Å². The molecule has 0 bridgehead atoms. The lowest BCUT2D eigenvalue weighted by molar-refractivity contribution is -0.145. The average molecular weight is 338 g/mol. The van der Waals surface area contributed by atoms with E-state index >= 15 is 0 Å². The Labute approximate surface area is 144 Å². The van der Waals surface area contributed by atoms with Gasteiger partial charge in [-0.3, -0.25) is 14.4 Å². The first-order chi connectivity index (χ1) is 11.4. The number of carboxylic acids is 1. The molecular formula is C18H30N2O4. The molecule has 0 radical (unpaired) electrons. The molecule has 1 saturated carbocycles. The highest BCUT2D eigenvalue weighted by molar-refractivity contribution is 5.83. The lowest BCUT2D eigenvalue weighted by Gasteiger charge is -2.33. The van der Waals surface area contributed by atoms with Gasteiger partial charge in [-0.15, -0.1) is 0 Å². The molecule has 0 aromatic rings. The van der Waals surface area contributed by atoms with Gasteiger partial charge in [0.05, 0.1) is 0 Å². The van der Waals surface area contributed by atoms with Crippen molar-refractivity contribution in [3.8, 4) is 0 Å². The fourth-order valence-electron chi connectivity index (χ4n) is 4.34. The van der Waals surface area contributed by atoms with Crippen LogP contribution in [0.1, 0.15) is 65.2 Å². The average Bonchev–Trinajstić information content (AvgIpc) is 2.90. The summed E-state index contributed by atoms with van der Waals surface area (Å²) in [6.45, 7) is 4.60. The highest BCUT2D eigenvalue weighted by atomic mass is 16.4. The quantitative estimate of drug-likeness (QED) is 0.834. The summed E-state index contributed by atoms with van der Waals surface area (Å²) in [5.41, 5.74) is -0.179. The second-order valence-corrected chi connectivity index (χ2v) is 7.26. The molecule has 2 aliphatic rings. The molecule has 1 unspecified atom stereocenters. The molecule has 2 amide bonds. The SMILES string of the molecule is CCC1(C(=O)N2CCCC(N(CC(=O)O)C(C)=O)CC2)CCCC1. The third-order valence-corrected chi connectivity index (χ3v) is 5.83. The summed E-state index contributed by atoms with van der Waals surface area (Å²) in [6.07, 6.45) is 7.37. The Morgan fingerprint density at radius 1 is 1.12 bits per heavy atom. The Kier molecular flexibility index (Phi) is 6.24. The minimum absolute atomic E-state index is 0.0856. The molecule has 1 N–H and O–H groups in total. The standard InChI is InChI=1S/C18H30N2O4/c1-3-18(9-4-5-10-18)17(24)19-11-6-7-15(8-12-19)20(14(2)21)13-16(22)23/h15H,3-13H2,1-2H3,(H,22,23). The van der Waals surface area contributed by atoms with E-state index in [2.05, 4.69) is 6.92 Å². The van der Waals surface area contributed by atoms with Crippen molar-refractivity contribution in [2.45, 2.75) is 71.3 Å². The molecule has 1 aliphatic carbocycles. The smallest absolute Gasteiger partial charge is 0.323 e. The van der Waals surface area contributed by atoms with Gasteiger partial charge in [-0.05, 0) is 38.5 Å². The summed E-state index contributed by atoms with van der Waals surface area (Å²) in [5, 5.41) is 9.02. The van der Waals surface area contributed by atoms with E-state index in [4.69, 9.17) is 5.11 Å². The molecule has 0 aromatic heterocycles. The van der Waals surface area contributed by atoms with Crippen molar-refractivity contribution < 1.29 is 19.5 Å². The van der Waals surface area contributed by atoms with Gasteiger partial charge in [0.2, 0.25) is 11.8 Å². The zero-order chi connectivity index (χ0) is 17.7. The minimum Gasteiger partial charge on any atom is -0.480 e. The van der Waals surface area contributed by atoms with Crippen LogP contribution in [0.5, 0.6) is 0 Å². The molecule has 6 nitrogen and oxygen atoms in total. The van der Waals surface area contributed by atoms with Crippen molar-refractivity contribution in [3.05, 3.63) is 0 Å². The molecule has 2 rings (SSSR count). The van der Waals surface area contributed by atoms with E-state index in [0.29, 0.717) is 13.0 Å². The number of carbonyl (C=O) groups excluding carboxylic acids is 2. The van der Waals surface area contributed by atoms with Gasteiger partial charge in [-0.25, -0.2) is 0 Å². The first-order valence-corrected chi connectivity index (χ1v) is 9.18. The van der Waals surface area contributed by atoms with E-state index in [9.17, 15) is 14.4 Å². The van der Waals surface area contributed by atoms with Crippen LogP contribution in [0.4, 0.5) is 0 Å². The number of amides is 2. The second kappa shape index (κ2) is 7.99. The Hall–Kier alpha value is -1.59. The second-order valence-electron chi connectivity index (χ2n) is 7.26. The van der Waals surface area contributed by atoms with Gasteiger partial charge >= 0.3 is 5.97 Å². The topological polar surface area (TPSA) is 77.9 Å². The van der Waals surface area contributed by atoms with Crippen molar-refractivity contribution in [1.82, 2.24) is 9.80 Å². The van der Waals surface area contributed by atoms with Crippen LogP contribution in [-0.4, -0.2) is 58.4 Å². The number of hydrogen-bond donors (Lipinski definition) is 1. The van der Waals surface area contributed by atoms with E-state index in [1.165, 1.54) is 11.8 Å². The predicted octanol–water partition coefficient (Wildman–Crippen LogP) is 2.27. The van der Waals surface area contributed by atoms with Gasteiger partial charge in [-0.2, -0.15) is 0 Å². The number of carboxylic acid groups (broad SMARTS) is 1. The lowest BCUT2D eigenvalue weighted by atomic mass is 9.82. The molecular weight excluding hydrogens is 308 g/mol. The van der Waals surface area contributed by atoms with E-state index in [-0.39, 0.29) is 29.8 Å². The van der Waals surface area contributed by atoms with E-state index in [0.717, 1.165) is 51.5 Å². The van der Waals surface area contributed by atoms with Crippen molar-refractivity contribution in [2.75, 3.05) is 19.6 Å². The molecule has 136 valence electrons. The van der Waals surface area contributed by atoms with Gasteiger partial charge in [0.15, 0.2) is 0 Å². The monoisotopic (exact) mass is 338 g/mol. The zero-order valence-corrected chi connectivity index (χ0v) is 14.9.